The van der Waals surface area contributed by atoms with Gasteiger partial charge >= 0.3 is 5.97 Å². The molecule has 1 aromatic carbocycles. The van der Waals surface area contributed by atoms with Crippen molar-refractivity contribution in [2.45, 2.75) is 25.4 Å². The lowest BCUT2D eigenvalue weighted by Gasteiger charge is -2.28. The first-order valence-corrected chi connectivity index (χ1v) is 8.21. The van der Waals surface area contributed by atoms with Gasteiger partial charge in [-0.1, -0.05) is 23.7 Å². The van der Waals surface area contributed by atoms with E-state index in [1.165, 1.54) is 7.05 Å². The highest BCUT2D eigenvalue weighted by Gasteiger charge is 2.66. The van der Waals surface area contributed by atoms with E-state index >= 15 is 0 Å². The lowest BCUT2D eigenvalue weighted by atomic mass is 9.80. The molecule has 4 atom stereocenters. The van der Waals surface area contributed by atoms with Crippen LogP contribution < -0.4 is 5.32 Å². The molecule has 0 saturated carbocycles. The smallest absolute Gasteiger partial charge is 0.326 e. The van der Waals surface area contributed by atoms with Crippen molar-refractivity contribution in [2.24, 2.45) is 11.8 Å². The van der Waals surface area contributed by atoms with Gasteiger partial charge in [-0.3, -0.25) is 24.6 Å². The summed E-state index contributed by atoms with van der Waals surface area (Å²) in [6.45, 7) is 3.54. The van der Waals surface area contributed by atoms with Crippen molar-refractivity contribution < 1.29 is 19.1 Å². The largest absolute Gasteiger partial charge is 0.465 e. The third kappa shape index (κ3) is 2.32. The van der Waals surface area contributed by atoms with E-state index in [4.69, 9.17) is 16.3 Å². The Morgan fingerprint density at radius 1 is 1.29 bits per heavy atom. The Bertz CT molecular complexity index is 705. The van der Waals surface area contributed by atoms with Gasteiger partial charge in [0.05, 0.1) is 18.4 Å². The maximum atomic E-state index is 12.6. The van der Waals surface area contributed by atoms with E-state index in [1.807, 2.05) is 0 Å². The molecule has 2 amide bonds. The second kappa shape index (κ2) is 5.86. The van der Waals surface area contributed by atoms with E-state index < -0.39 is 29.4 Å². The van der Waals surface area contributed by atoms with Crippen molar-refractivity contribution in [2.75, 3.05) is 13.7 Å². The molecule has 2 aliphatic rings. The molecule has 0 bridgehead atoms. The molecule has 24 heavy (non-hydrogen) atoms. The Kier molecular flexibility index (Phi) is 4.13. The molecule has 2 saturated heterocycles. The van der Waals surface area contributed by atoms with Crippen LogP contribution in [0.25, 0.3) is 0 Å². The summed E-state index contributed by atoms with van der Waals surface area (Å²) < 4.78 is 5.15. The van der Waals surface area contributed by atoms with Crippen LogP contribution in [-0.2, 0) is 19.1 Å². The third-order valence-corrected chi connectivity index (χ3v) is 5.19. The van der Waals surface area contributed by atoms with Crippen LogP contribution in [-0.4, -0.2) is 41.9 Å². The Hall–Kier alpha value is -1.92. The van der Waals surface area contributed by atoms with Crippen molar-refractivity contribution in [3.8, 4) is 0 Å². The van der Waals surface area contributed by atoms with Crippen molar-refractivity contribution in [3.63, 3.8) is 0 Å². The number of esters is 1. The Morgan fingerprint density at radius 2 is 1.92 bits per heavy atom. The minimum absolute atomic E-state index is 0.205. The molecule has 0 radical (unpaired) electrons. The molecule has 0 unspecified atom stereocenters. The molecule has 0 aromatic heterocycles. The van der Waals surface area contributed by atoms with Crippen LogP contribution in [0.4, 0.5) is 0 Å². The third-order valence-electron chi connectivity index (χ3n) is 4.94. The molecule has 0 aliphatic carbocycles. The van der Waals surface area contributed by atoms with E-state index in [1.54, 1.807) is 38.1 Å². The highest BCUT2D eigenvalue weighted by Crippen LogP contribution is 2.48. The fourth-order valence-electron chi connectivity index (χ4n) is 3.71. The summed E-state index contributed by atoms with van der Waals surface area (Å²) in [7, 11) is 1.45. The summed E-state index contributed by atoms with van der Waals surface area (Å²) in [6.07, 6.45) is 0. The monoisotopic (exact) mass is 350 g/mol. The van der Waals surface area contributed by atoms with Gasteiger partial charge in [-0.05, 0) is 31.5 Å². The Balaban J connectivity index is 2.06. The predicted molar refractivity (Wildman–Crippen MR) is 87.1 cm³/mol. The number of likely N-dealkylation sites (tertiary alicyclic amines) is 1. The van der Waals surface area contributed by atoms with Gasteiger partial charge in [-0.25, -0.2) is 0 Å². The number of halogens is 1. The van der Waals surface area contributed by atoms with E-state index in [-0.39, 0.29) is 18.4 Å². The van der Waals surface area contributed by atoms with E-state index in [0.29, 0.717) is 5.02 Å². The van der Waals surface area contributed by atoms with E-state index in [9.17, 15) is 14.4 Å². The molecule has 1 N–H and O–H groups in total. The van der Waals surface area contributed by atoms with Crippen LogP contribution in [0.15, 0.2) is 24.3 Å². The molecule has 2 fully saturated rings. The number of fused-ring (bicyclic) bond motifs is 1. The first-order valence-electron chi connectivity index (χ1n) is 7.83. The van der Waals surface area contributed by atoms with Crippen molar-refractivity contribution >= 4 is 29.4 Å². The van der Waals surface area contributed by atoms with Crippen LogP contribution in [0.2, 0.25) is 5.02 Å². The summed E-state index contributed by atoms with van der Waals surface area (Å²) in [6, 6.07) is 6.58. The van der Waals surface area contributed by atoms with Gasteiger partial charge in [0.1, 0.15) is 5.54 Å². The molecular formula is C17H19ClN2O4. The number of rotatable bonds is 3. The first-order chi connectivity index (χ1) is 11.3. The Labute approximate surface area is 145 Å². The fourth-order valence-corrected chi connectivity index (χ4v) is 3.83. The zero-order chi connectivity index (χ0) is 17.6. The van der Waals surface area contributed by atoms with Gasteiger partial charge in [0.25, 0.3) is 0 Å². The maximum Gasteiger partial charge on any atom is 0.326 e. The van der Waals surface area contributed by atoms with Gasteiger partial charge in [-0.2, -0.15) is 0 Å². The lowest BCUT2D eigenvalue weighted by Crippen LogP contribution is -2.53. The van der Waals surface area contributed by atoms with Crippen LogP contribution >= 0.6 is 11.6 Å². The summed E-state index contributed by atoms with van der Waals surface area (Å²) in [5.74, 6) is -2.59. The van der Waals surface area contributed by atoms with Crippen LogP contribution in [0.3, 0.4) is 0 Å². The predicted octanol–water partition coefficient (Wildman–Crippen LogP) is 1.54. The molecular weight excluding hydrogens is 332 g/mol. The van der Waals surface area contributed by atoms with Gasteiger partial charge in [0, 0.05) is 18.1 Å². The van der Waals surface area contributed by atoms with Gasteiger partial charge < -0.3 is 4.74 Å². The lowest BCUT2D eigenvalue weighted by molar-refractivity contribution is -0.155. The highest BCUT2D eigenvalue weighted by atomic mass is 35.5. The van der Waals surface area contributed by atoms with Crippen LogP contribution in [0, 0.1) is 11.8 Å². The standard InChI is InChI=1S/C17H19ClN2O4/c1-4-24-16(23)17(2)12-11(14(21)20(3)15(12)22)13(19-17)9-5-7-10(18)8-6-9/h5-8,11-13,19H,4H2,1-3H3/t11-,12-,13-,17-/m0/s1. The minimum Gasteiger partial charge on any atom is -0.465 e. The molecule has 0 spiro atoms. The average Bonchev–Trinajstić information content (AvgIpc) is 2.99. The average molecular weight is 351 g/mol. The topological polar surface area (TPSA) is 75.7 Å². The number of ether oxygens (including phenoxy) is 1. The molecule has 2 heterocycles. The quantitative estimate of drug-likeness (QED) is 0.661. The van der Waals surface area contributed by atoms with Crippen LogP contribution in [0.1, 0.15) is 25.5 Å². The van der Waals surface area contributed by atoms with Crippen molar-refractivity contribution in [1.29, 1.82) is 0 Å². The zero-order valence-electron chi connectivity index (χ0n) is 13.7. The molecule has 7 heteroatoms. The van der Waals surface area contributed by atoms with Gasteiger partial charge in [0.15, 0.2) is 0 Å². The van der Waals surface area contributed by atoms with Crippen molar-refractivity contribution in [3.05, 3.63) is 34.9 Å². The Morgan fingerprint density at radius 3 is 2.50 bits per heavy atom. The molecule has 128 valence electrons. The normalized spacial score (nSPS) is 32.2. The van der Waals surface area contributed by atoms with E-state index in [2.05, 4.69) is 5.32 Å². The maximum absolute atomic E-state index is 12.6. The summed E-state index contributed by atoms with van der Waals surface area (Å²) in [5, 5.41) is 3.76. The van der Waals surface area contributed by atoms with Gasteiger partial charge in [0.2, 0.25) is 11.8 Å². The number of carbonyl (C=O) groups excluding carboxylic acids is 3. The molecule has 2 aliphatic heterocycles. The molecule has 1 aromatic rings. The number of amides is 2. The molecule has 6 nitrogen and oxygen atoms in total. The number of hydrogen-bond acceptors (Lipinski definition) is 5. The number of imide groups is 1. The number of hydrogen-bond donors (Lipinski definition) is 1. The van der Waals surface area contributed by atoms with Crippen LogP contribution in [0.5, 0.6) is 0 Å². The minimum atomic E-state index is -1.25. The highest BCUT2D eigenvalue weighted by molar-refractivity contribution is 6.30. The number of carbonyl (C=O) groups is 3. The second-order valence-corrected chi connectivity index (χ2v) is 6.77. The van der Waals surface area contributed by atoms with Gasteiger partial charge in [-0.15, -0.1) is 0 Å². The zero-order valence-corrected chi connectivity index (χ0v) is 14.5. The van der Waals surface area contributed by atoms with Crippen molar-refractivity contribution in [1.82, 2.24) is 10.2 Å². The summed E-state index contributed by atoms with van der Waals surface area (Å²) >= 11 is 5.93. The second-order valence-electron chi connectivity index (χ2n) is 6.34. The SMILES string of the molecule is CCOC(=O)[C@@]1(C)N[C@@H](c2ccc(Cl)cc2)[C@H]2C(=O)N(C)C(=O)[C@H]21. The summed E-state index contributed by atoms with van der Waals surface area (Å²) in [4.78, 5) is 38.8. The first kappa shape index (κ1) is 16.9. The van der Waals surface area contributed by atoms with E-state index in [0.717, 1.165) is 10.5 Å². The number of nitrogens with zero attached hydrogens (tertiary/aromatic N) is 1. The fraction of sp³-hybridized carbons (Fsp3) is 0.471. The molecule has 3 rings (SSSR count). The number of nitrogens with one attached hydrogen (secondary N) is 1. The summed E-state index contributed by atoms with van der Waals surface area (Å²) in [5.41, 5.74) is -0.443. The number of benzene rings is 1.